The first kappa shape index (κ1) is 12.8. The maximum absolute atomic E-state index is 10.3. The van der Waals surface area contributed by atoms with Crippen LogP contribution in [0.3, 0.4) is 0 Å². The smallest absolute Gasteiger partial charge is 0.124 e. The van der Waals surface area contributed by atoms with Gasteiger partial charge in [0.25, 0.3) is 0 Å². The molecule has 2 rings (SSSR count). The molecule has 0 saturated carbocycles. The minimum atomic E-state index is -0.747. The van der Waals surface area contributed by atoms with Crippen molar-refractivity contribution in [2.24, 2.45) is 0 Å². The maximum Gasteiger partial charge on any atom is 0.124 e. The van der Waals surface area contributed by atoms with Crippen molar-refractivity contribution in [3.63, 3.8) is 0 Å². The molecule has 94 valence electrons. The Labute approximate surface area is 109 Å². The molecule has 0 radical (unpaired) electrons. The molecule has 17 heavy (non-hydrogen) atoms. The zero-order valence-corrected chi connectivity index (χ0v) is 11.1. The summed E-state index contributed by atoms with van der Waals surface area (Å²) in [5.41, 5.74) is 0.706. The Morgan fingerprint density at radius 2 is 2.29 bits per heavy atom. The van der Waals surface area contributed by atoms with Gasteiger partial charge in [-0.05, 0) is 18.2 Å². The lowest BCUT2D eigenvalue weighted by molar-refractivity contribution is -0.133. The molecule has 0 bridgehead atoms. The predicted molar refractivity (Wildman–Crippen MR) is 66.2 cm³/mol. The number of benzene rings is 1. The van der Waals surface area contributed by atoms with Crippen LogP contribution in [0.4, 0.5) is 0 Å². The topological polar surface area (TPSA) is 47.9 Å². The van der Waals surface area contributed by atoms with Gasteiger partial charge in [0.1, 0.15) is 18.0 Å². The van der Waals surface area contributed by atoms with E-state index in [-0.39, 0.29) is 6.10 Å². The molecular weight excluding hydrogens is 288 g/mol. The zero-order valence-electron chi connectivity index (χ0n) is 9.56. The summed E-state index contributed by atoms with van der Waals surface area (Å²) in [6.07, 6.45) is -1.09. The Kier molecular flexibility index (Phi) is 4.39. The van der Waals surface area contributed by atoms with Crippen molar-refractivity contribution in [1.82, 2.24) is 0 Å². The molecule has 2 unspecified atom stereocenters. The van der Waals surface area contributed by atoms with Crippen LogP contribution in [-0.4, -0.2) is 38.1 Å². The molecular formula is C12H15BrO4. The highest BCUT2D eigenvalue weighted by Gasteiger charge is 2.27. The summed E-state index contributed by atoms with van der Waals surface area (Å²) in [7, 11) is 1.58. The molecule has 1 aromatic rings. The number of hydrogen-bond acceptors (Lipinski definition) is 4. The number of methoxy groups -OCH3 is 1. The normalized spacial score (nSPS) is 22.2. The van der Waals surface area contributed by atoms with E-state index in [0.717, 1.165) is 4.47 Å². The standard InChI is InChI=1S/C12H15BrO4/c1-15-10-3-2-8(13)6-9(10)12(14)11-7-16-4-5-17-11/h2-3,6,11-12,14H,4-5,7H2,1H3. The minimum Gasteiger partial charge on any atom is -0.496 e. The zero-order chi connectivity index (χ0) is 12.3. The van der Waals surface area contributed by atoms with Crippen LogP contribution < -0.4 is 4.74 Å². The van der Waals surface area contributed by atoms with Crippen LogP contribution in [0.15, 0.2) is 22.7 Å². The van der Waals surface area contributed by atoms with E-state index in [2.05, 4.69) is 15.9 Å². The first-order chi connectivity index (χ1) is 8.22. The van der Waals surface area contributed by atoms with Gasteiger partial charge in [0.05, 0.1) is 26.9 Å². The molecule has 0 aliphatic carbocycles. The minimum absolute atomic E-state index is 0.341. The third kappa shape index (κ3) is 2.98. The lowest BCUT2D eigenvalue weighted by Crippen LogP contribution is -2.34. The summed E-state index contributed by atoms with van der Waals surface area (Å²) in [6, 6.07) is 5.51. The summed E-state index contributed by atoms with van der Waals surface area (Å²) < 4.78 is 16.9. The van der Waals surface area contributed by atoms with Crippen molar-refractivity contribution in [2.75, 3.05) is 26.9 Å². The molecule has 1 heterocycles. The second-order valence-corrected chi connectivity index (χ2v) is 4.73. The van der Waals surface area contributed by atoms with E-state index in [1.807, 2.05) is 18.2 Å². The molecule has 0 aromatic heterocycles. The van der Waals surface area contributed by atoms with Crippen LogP contribution in [0.2, 0.25) is 0 Å². The van der Waals surface area contributed by atoms with Crippen molar-refractivity contribution in [1.29, 1.82) is 0 Å². The van der Waals surface area contributed by atoms with Crippen LogP contribution in [0.1, 0.15) is 11.7 Å². The van der Waals surface area contributed by atoms with Gasteiger partial charge in [-0.15, -0.1) is 0 Å². The average Bonchev–Trinajstić information content (AvgIpc) is 2.39. The monoisotopic (exact) mass is 302 g/mol. The highest BCUT2D eigenvalue weighted by Crippen LogP contribution is 2.31. The van der Waals surface area contributed by atoms with Gasteiger partial charge >= 0.3 is 0 Å². The second kappa shape index (κ2) is 5.82. The molecule has 0 amide bonds. The Hall–Kier alpha value is -0.620. The van der Waals surface area contributed by atoms with E-state index < -0.39 is 6.10 Å². The van der Waals surface area contributed by atoms with Crippen molar-refractivity contribution in [3.05, 3.63) is 28.2 Å². The lowest BCUT2D eigenvalue weighted by atomic mass is 10.0. The average molecular weight is 303 g/mol. The molecule has 1 N–H and O–H groups in total. The summed E-state index contributed by atoms with van der Waals surface area (Å²) in [5, 5.41) is 10.3. The molecule has 1 aliphatic heterocycles. The molecule has 5 heteroatoms. The van der Waals surface area contributed by atoms with E-state index in [0.29, 0.717) is 31.1 Å². The fourth-order valence-electron chi connectivity index (χ4n) is 1.82. The Bertz CT molecular complexity index is 377. The van der Waals surface area contributed by atoms with Crippen molar-refractivity contribution in [3.8, 4) is 5.75 Å². The number of rotatable bonds is 3. The number of aliphatic hydroxyl groups excluding tert-OH is 1. The number of aliphatic hydroxyl groups is 1. The van der Waals surface area contributed by atoms with Gasteiger partial charge in [-0.1, -0.05) is 15.9 Å². The van der Waals surface area contributed by atoms with Gasteiger partial charge in [-0.3, -0.25) is 0 Å². The van der Waals surface area contributed by atoms with E-state index in [4.69, 9.17) is 14.2 Å². The summed E-state index contributed by atoms with van der Waals surface area (Å²) in [4.78, 5) is 0. The van der Waals surface area contributed by atoms with Gasteiger partial charge in [0, 0.05) is 10.0 Å². The second-order valence-electron chi connectivity index (χ2n) is 3.82. The van der Waals surface area contributed by atoms with E-state index in [9.17, 15) is 5.11 Å². The quantitative estimate of drug-likeness (QED) is 0.926. The maximum atomic E-state index is 10.3. The summed E-state index contributed by atoms with van der Waals surface area (Å²) in [5.74, 6) is 0.648. The molecule has 1 fully saturated rings. The first-order valence-corrected chi connectivity index (χ1v) is 6.22. The SMILES string of the molecule is COc1ccc(Br)cc1C(O)C1COCCO1. The van der Waals surface area contributed by atoms with Crippen molar-refractivity contribution < 1.29 is 19.3 Å². The van der Waals surface area contributed by atoms with Gasteiger partial charge in [-0.2, -0.15) is 0 Å². The fraction of sp³-hybridized carbons (Fsp3) is 0.500. The Balaban J connectivity index is 2.21. The number of halogens is 1. The van der Waals surface area contributed by atoms with Gasteiger partial charge in [0.2, 0.25) is 0 Å². The van der Waals surface area contributed by atoms with Crippen LogP contribution in [0, 0.1) is 0 Å². The molecule has 2 atom stereocenters. The van der Waals surface area contributed by atoms with Crippen molar-refractivity contribution in [2.45, 2.75) is 12.2 Å². The van der Waals surface area contributed by atoms with Crippen LogP contribution in [0.5, 0.6) is 5.75 Å². The van der Waals surface area contributed by atoms with E-state index >= 15 is 0 Å². The van der Waals surface area contributed by atoms with E-state index in [1.54, 1.807) is 7.11 Å². The van der Waals surface area contributed by atoms with Crippen LogP contribution >= 0.6 is 15.9 Å². The van der Waals surface area contributed by atoms with E-state index in [1.165, 1.54) is 0 Å². The van der Waals surface area contributed by atoms with Crippen LogP contribution in [-0.2, 0) is 9.47 Å². The largest absolute Gasteiger partial charge is 0.496 e. The first-order valence-electron chi connectivity index (χ1n) is 5.43. The fourth-order valence-corrected chi connectivity index (χ4v) is 2.20. The number of ether oxygens (including phenoxy) is 3. The van der Waals surface area contributed by atoms with Gasteiger partial charge in [-0.25, -0.2) is 0 Å². The third-order valence-corrected chi connectivity index (χ3v) is 3.20. The third-order valence-electron chi connectivity index (χ3n) is 2.70. The highest BCUT2D eigenvalue weighted by atomic mass is 79.9. The molecule has 1 aromatic carbocycles. The molecule has 1 aliphatic rings. The number of hydrogen-bond donors (Lipinski definition) is 1. The highest BCUT2D eigenvalue weighted by molar-refractivity contribution is 9.10. The van der Waals surface area contributed by atoms with Crippen molar-refractivity contribution >= 4 is 15.9 Å². The molecule has 1 saturated heterocycles. The summed E-state index contributed by atoms with van der Waals surface area (Å²) in [6.45, 7) is 1.49. The predicted octanol–water partition coefficient (Wildman–Crippen LogP) is 1.91. The molecule has 0 spiro atoms. The lowest BCUT2D eigenvalue weighted by Gasteiger charge is -2.28. The summed E-state index contributed by atoms with van der Waals surface area (Å²) >= 11 is 3.38. The molecule has 4 nitrogen and oxygen atoms in total. The van der Waals surface area contributed by atoms with Gasteiger partial charge in [0.15, 0.2) is 0 Å². The van der Waals surface area contributed by atoms with Crippen LogP contribution in [0.25, 0.3) is 0 Å². The Morgan fingerprint density at radius 3 is 2.94 bits per heavy atom. The van der Waals surface area contributed by atoms with Gasteiger partial charge < -0.3 is 19.3 Å². The Morgan fingerprint density at radius 1 is 1.47 bits per heavy atom.